The molecule has 0 aliphatic heterocycles. The number of hydrogen-bond acceptors (Lipinski definition) is 5. The van der Waals surface area contributed by atoms with Gasteiger partial charge in [0.05, 0.1) is 6.33 Å². The van der Waals surface area contributed by atoms with Crippen LogP contribution in [0.3, 0.4) is 0 Å². The summed E-state index contributed by atoms with van der Waals surface area (Å²) in [5.41, 5.74) is 6.75. The van der Waals surface area contributed by atoms with Gasteiger partial charge in [0.1, 0.15) is 17.2 Å². The number of carbonyl (C=O) groups excluding carboxylic acids is 1. The summed E-state index contributed by atoms with van der Waals surface area (Å²) in [4.78, 5) is 31.9. The fourth-order valence-electron chi connectivity index (χ4n) is 2.45. The molecule has 3 rings (SSSR count). The fraction of sp³-hybridized carbons (Fsp3) is 0.250. The van der Waals surface area contributed by atoms with Crippen LogP contribution >= 0.6 is 0 Å². The topological polar surface area (TPSA) is 95.8 Å². The Balaban J connectivity index is 1.71. The predicted molar refractivity (Wildman–Crippen MR) is 87.1 cm³/mol. The molecule has 0 spiro atoms. The summed E-state index contributed by atoms with van der Waals surface area (Å²) in [6, 6.07) is 5.46. The smallest absolute Gasteiger partial charge is 0.350 e. The van der Waals surface area contributed by atoms with Crippen molar-refractivity contribution in [3.63, 3.8) is 0 Å². The van der Waals surface area contributed by atoms with Crippen LogP contribution in [0.1, 0.15) is 23.2 Å². The van der Waals surface area contributed by atoms with E-state index in [-0.39, 0.29) is 17.4 Å². The van der Waals surface area contributed by atoms with E-state index in [4.69, 9.17) is 5.73 Å². The van der Waals surface area contributed by atoms with E-state index >= 15 is 0 Å². The van der Waals surface area contributed by atoms with Gasteiger partial charge in [-0.3, -0.25) is 9.36 Å². The van der Waals surface area contributed by atoms with Gasteiger partial charge in [0.25, 0.3) is 0 Å². The average Bonchev–Trinajstić information content (AvgIpc) is 2.96. The highest BCUT2D eigenvalue weighted by atomic mass is 19.1. The monoisotopic (exact) mass is 329 g/mol. The molecule has 0 bridgehead atoms. The van der Waals surface area contributed by atoms with Gasteiger partial charge in [-0.25, -0.2) is 14.2 Å². The molecule has 0 radical (unpaired) electrons. The number of nitrogens with zero attached hydrogens (tertiary/aromatic N) is 4. The molecule has 0 amide bonds. The zero-order valence-corrected chi connectivity index (χ0v) is 13.1. The number of hydrogen-bond donors (Lipinski definition) is 1. The number of rotatable bonds is 5. The molecular weight excluding hydrogens is 313 g/mol. The minimum Gasteiger partial charge on any atom is -0.383 e. The maximum absolute atomic E-state index is 12.9. The maximum atomic E-state index is 12.9. The second-order valence-electron chi connectivity index (χ2n) is 5.48. The molecule has 0 aliphatic rings. The molecule has 2 N–H and O–H groups in total. The van der Waals surface area contributed by atoms with Crippen molar-refractivity contribution in [2.45, 2.75) is 19.4 Å². The number of anilines is 1. The lowest BCUT2D eigenvalue weighted by atomic mass is 10.1. The largest absolute Gasteiger partial charge is 0.383 e. The van der Waals surface area contributed by atoms with Gasteiger partial charge < -0.3 is 10.3 Å². The first-order valence-corrected chi connectivity index (χ1v) is 7.43. The van der Waals surface area contributed by atoms with E-state index in [0.717, 1.165) is 0 Å². The van der Waals surface area contributed by atoms with Crippen LogP contribution in [0, 0.1) is 5.82 Å². The minimum atomic E-state index is -0.455. The van der Waals surface area contributed by atoms with E-state index in [1.54, 1.807) is 10.9 Å². The Morgan fingerprint density at radius 3 is 2.71 bits per heavy atom. The first-order chi connectivity index (χ1) is 11.5. The summed E-state index contributed by atoms with van der Waals surface area (Å²) in [7, 11) is 1.53. The van der Waals surface area contributed by atoms with Crippen LogP contribution in [0.4, 0.5) is 10.2 Å². The standard InChI is InChI=1S/C16H16FN5O2/c1-21-14(18)13-15(20-16(21)24)22(9-19-13)8-2-3-12(23)10-4-6-11(17)7-5-10/h4-7,9H,2-3,8,18H2,1H3. The normalized spacial score (nSPS) is 11.1. The molecule has 0 saturated carbocycles. The number of aryl methyl sites for hydroxylation is 1. The summed E-state index contributed by atoms with van der Waals surface area (Å²) >= 11 is 0. The summed E-state index contributed by atoms with van der Waals surface area (Å²) in [6.45, 7) is 0.475. The Bertz CT molecular complexity index is 959. The van der Waals surface area contributed by atoms with Crippen LogP contribution in [-0.4, -0.2) is 24.9 Å². The van der Waals surface area contributed by atoms with Gasteiger partial charge in [0.2, 0.25) is 0 Å². The molecule has 0 saturated heterocycles. The summed E-state index contributed by atoms with van der Waals surface area (Å²) in [6.07, 6.45) is 2.39. The van der Waals surface area contributed by atoms with Crippen molar-refractivity contribution in [3.05, 3.63) is 52.5 Å². The number of nitrogen functional groups attached to an aromatic ring is 1. The van der Waals surface area contributed by atoms with Crippen LogP contribution in [-0.2, 0) is 13.6 Å². The zero-order chi connectivity index (χ0) is 17.3. The highest BCUT2D eigenvalue weighted by molar-refractivity contribution is 5.95. The molecule has 0 aliphatic carbocycles. The summed E-state index contributed by atoms with van der Waals surface area (Å²) in [5, 5.41) is 0. The van der Waals surface area contributed by atoms with Crippen LogP contribution in [0.5, 0.6) is 0 Å². The Hall–Kier alpha value is -3.03. The van der Waals surface area contributed by atoms with Crippen molar-refractivity contribution in [2.75, 3.05) is 5.73 Å². The van der Waals surface area contributed by atoms with Crippen LogP contribution in [0.15, 0.2) is 35.4 Å². The van der Waals surface area contributed by atoms with Crippen molar-refractivity contribution >= 4 is 22.8 Å². The lowest BCUT2D eigenvalue weighted by molar-refractivity contribution is 0.0978. The van der Waals surface area contributed by atoms with Crippen molar-refractivity contribution in [1.29, 1.82) is 0 Å². The van der Waals surface area contributed by atoms with E-state index in [1.807, 2.05) is 0 Å². The van der Waals surface area contributed by atoms with Gasteiger partial charge in [0.15, 0.2) is 11.4 Å². The van der Waals surface area contributed by atoms with Crippen molar-refractivity contribution in [3.8, 4) is 0 Å². The first-order valence-electron chi connectivity index (χ1n) is 7.43. The van der Waals surface area contributed by atoms with E-state index < -0.39 is 5.69 Å². The Kier molecular flexibility index (Phi) is 4.11. The molecule has 0 unspecified atom stereocenters. The number of Topliss-reactive ketones (excluding diaryl/α,β-unsaturated/α-hetero) is 1. The molecule has 3 aromatic rings. The number of aromatic nitrogens is 4. The predicted octanol–water partition coefficient (Wildman–Crippen LogP) is 1.51. The third kappa shape index (κ3) is 2.90. The van der Waals surface area contributed by atoms with Crippen molar-refractivity contribution < 1.29 is 9.18 Å². The third-order valence-corrected chi connectivity index (χ3v) is 3.87. The van der Waals surface area contributed by atoms with Gasteiger partial charge in [0, 0.05) is 25.6 Å². The van der Waals surface area contributed by atoms with Gasteiger partial charge in [-0.15, -0.1) is 0 Å². The second kappa shape index (κ2) is 6.23. The number of benzene rings is 1. The second-order valence-corrected chi connectivity index (χ2v) is 5.48. The number of fused-ring (bicyclic) bond motifs is 1. The molecule has 1 aromatic carbocycles. The van der Waals surface area contributed by atoms with E-state index in [1.165, 1.54) is 35.9 Å². The fourth-order valence-corrected chi connectivity index (χ4v) is 2.45. The van der Waals surface area contributed by atoms with Gasteiger partial charge in [-0.2, -0.15) is 4.98 Å². The quantitative estimate of drug-likeness (QED) is 0.716. The molecule has 0 fully saturated rings. The van der Waals surface area contributed by atoms with Gasteiger partial charge in [-0.05, 0) is 30.7 Å². The summed E-state index contributed by atoms with van der Waals surface area (Å²) < 4.78 is 15.8. The Morgan fingerprint density at radius 1 is 1.29 bits per heavy atom. The molecular formula is C16H16FN5O2. The molecule has 0 atom stereocenters. The van der Waals surface area contributed by atoms with Crippen LogP contribution in [0.25, 0.3) is 11.2 Å². The number of halogens is 1. The van der Waals surface area contributed by atoms with E-state index in [9.17, 15) is 14.0 Å². The molecule has 124 valence electrons. The third-order valence-electron chi connectivity index (χ3n) is 3.87. The lowest BCUT2D eigenvalue weighted by Gasteiger charge is -2.05. The average molecular weight is 329 g/mol. The molecule has 2 heterocycles. The number of carbonyl (C=O) groups is 1. The number of imidazole rings is 1. The van der Waals surface area contributed by atoms with Gasteiger partial charge >= 0.3 is 5.69 Å². The summed E-state index contributed by atoms with van der Waals surface area (Å²) in [5.74, 6) is -0.185. The molecule has 24 heavy (non-hydrogen) atoms. The molecule has 7 nitrogen and oxygen atoms in total. The van der Waals surface area contributed by atoms with E-state index in [2.05, 4.69) is 9.97 Å². The first kappa shape index (κ1) is 15.9. The van der Waals surface area contributed by atoms with Gasteiger partial charge in [-0.1, -0.05) is 0 Å². The number of nitrogens with two attached hydrogens (primary N) is 1. The SMILES string of the molecule is Cn1c(N)c2ncn(CCCC(=O)c3ccc(F)cc3)c2nc1=O. The number of ketones is 1. The van der Waals surface area contributed by atoms with E-state index in [0.29, 0.717) is 36.1 Å². The van der Waals surface area contributed by atoms with Crippen LogP contribution in [0.2, 0.25) is 0 Å². The lowest BCUT2D eigenvalue weighted by Crippen LogP contribution is -2.23. The maximum Gasteiger partial charge on any atom is 0.350 e. The van der Waals surface area contributed by atoms with Crippen LogP contribution < -0.4 is 11.4 Å². The zero-order valence-electron chi connectivity index (χ0n) is 13.1. The Labute approximate surface area is 136 Å². The van der Waals surface area contributed by atoms with Crippen molar-refractivity contribution in [1.82, 2.24) is 19.1 Å². The molecule has 2 aromatic heterocycles. The highest BCUT2D eigenvalue weighted by Crippen LogP contribution is 2.15. The minimum absolute atomic E-state index is 0.0668. The highest BCUT2D eigenvalue weighted by Gasteiger charge is 2.12. The molecule has 8 heteroatoms. The van der Waals surface area contributed by atoms with Crippen molar-refractivity contribution in [2.24, 2.45) is 7.05 Å². The Morgan fingerprint density at radius 2 is 2.00 bits per heavy atom.